The van der Waals surface area contributed by atoms with Gasteiger partial charge in [-0.3, -0.25) is 9.59 Å². The topological polar surface area (TPSA) is 58.4 Å². The van der Waals surface area contributed by atoms with Crippen molar-refractivity contribution >= 4 is 240 Å². The van der Waals surface area contributed by atoms with E-state index in [1.165, 1.54) is 0 Å². The Kier molecular flexibility index (Phi) is 15.8. The number of hydrogen-bond acceptors (Lipinski definition) is 5. The van der Waals surface area contributed by atoms with Crippen LogP contribution in [-0.4, -0.2) is 208 Å². The summed E-state index contributed by atoms with van der Waals surface area (Å²) in [7, 11) is 127. The van der Waals surface area contributed by atoms with Crippen molar-refractivity contribution in [3.05, 3.63) is 44.1 Å². The molecule has 0 fully saturated rings. The number of aromatic nitrogens is 2. The number of fused-ring (bicyclic) bond motifs is 1. The highest BCUT2D eigenvalue weighted by Crippen LogP contribution is 2.57. The SMILES string of the molecule is [B]c1c([B])c(CSc2nc(=O)c3c(n2C([B])([B])C(=O)N(CCN(CC)CC)Cc2c([B])c([B])c(-c4c([B])c([B])c(C(F)(F)F)c([B])c4[B])c([B])c2[B])C([B])([B])C([B])([B])C3([B])[B])c([B])c([B])c1F. The fraction of sp³-hybridized carbons (Fsp3) is 0.361. The van der Waals surface area contributed by atoms with E-state index >= 15 is 4.79 Å². The molecule has 1 heterocycles. The van der Waals surface area contributed by atoms with Crippen molar-refractivity contribution in [3.8, 4) is 11.1 Å². The van der Waals surface area contributed by atoms with E-state index in [4.69, 9.17) is 157 Å². The van der Waals surface area contributed by atoms with E-state index in [1.807, 2.05) is 18.7 Å². The molecule has 40 radical (unpaired) electrons. The lowest BCUT2D eigenvalue weighted by molar-refractivity contribution is -0.136. The average Bonchev–Trinajstić information content (AvgIpc) is 3.35. The van der Waals surface area contributed by atoms with Crippen molar-refractivity contribution in [2.24, 2.45) is 0 Å². The second kappa shape index (κ2) is 19.2. The smallest absolute Gasteiger partial charge is 0.336 e. The Labute approximate surface area is 419 Å². The monoisotopic (exact) mass is 866 g/mol. The second-order valence-electron chi connectivity index (χ2n) is 16.1. The van der Waals surface area contributed by atoms with Crippen LogP contribution in [-0.2, 0) is 39.0 Å². The Balaban J connectivity index is 1.76. The van der Waals surface area contributed by atoms with Crippen LogP contribution in [0.3, 0.4) is 0 Å². The molecule has 0 N–H and O–H groups in total. The highest BCUT2D eigenvalue weighted by Gasteiger charge is 2.58. The first kappa shape index (κ1) is 55.3. The second-order valence-corrected chi connectivity index (χ2v) is 17.0. The normalized spacial score (nSPS) is 15.1. The third kappa shape index (κ3) is 8.93. The zero-order valence-corrected chi connectivity index (χ0v) is 37.1. The van der Waals surface area contributed by atoms with Crippen molar-refractivity contribution < 1.29 is 22.4 Å². The Morgan fingerprint density at radius 3 is 1.52 bits per heavy atom. The molecular weight excluding hydrogens is 845 g/mol. The molecular formula is C36H18B20F4N4O2S. The number of amides is 1. The van der Waals surface area contributed by atoms with E-state index in [0.717, 1.165) is 9.47 Å². The lowest BCUT2D eigenvalue weighted by Gasteiger charge is -2.48. The standard InChI is InChI=1S/C36H18B20F4N4O2S/c1-3-62(4-2)5-6-63(7-9-15(37)19(41)11(20(42)16(9)38)12-21(43)23(45)13(35(58,59)60)24(46)22(12)44)30(66)34(53,54)64-28-14(32(49,50)36(55,56)33(28,51)52)29(65)61-31(64)67-8-10-17(39)25(47)27(57)26(48)18(10)40/h3-8H2,1-2H3. The minimum absolute atomic E-state index is 0.0324. The third-order valence-electron chi connectivity index (χ3n) is 12.2. The number of carbonyl (C=O) groups excluding carboxylic acids is 1. The minimum Gasteiger partial charge on any atom is -0.336 e. The van der Waals surface area contributed by atoms with Crippen LogP contribution in [0.1, 0.15) is 41.8 Å². The highest BCUT2D eigenvalue weighted by atomic mass is 32.2. The van der Waals surface area contributed by atoms with Crippen molar-refractivity contribution in [2.45, 2.75) is 58.5 Å². The maximum absolute atomic E-state index is 15.3. The fourth-order valence-electron chi connectivity index (χ4n) is 7.92. The maximum atomic E-state index is 15.3. The molecule has 6 nitrogen and oxygen atoms in total. The summed E-state index contributed by atoms with van der Waals surface area (Å²) >= 11 is 0.604. The molecule has 5 rings (SSSR count). The van der Waals surface area contributed by atoms with Crippen molar-refractivity contribution in [2.75, 3.05) is 26.2 Å². The lowest BCUT2D eigenvalue weighted by atomic mass is 9.20. The molecule has 1 aromatic heterocycles. The predicted molar refractivity (Wildman–Crippen MR) is 279 cm³/mol. The molecule has 288 valence electrons. The van der Waals surface area contributed by atoms with Gasteiger partial charge in [0.2, 0.25) is 5.91 Å². The van der Waals surface area contributed by atoms with Gasteiger partial charge >= 0.3 is 6.18 Å². The summed E-state index contributed by atoms with van der Waals surface area (Å²) in [5.74, 6) is -2.68. The zero-order valence-electron chi connectivity index (χ0n) is 36.3. The summed E-state index contributed by atoms with van der Waals surface area (Å²) in [4.78, 5) is 36.3. The number of halogens is 4. The molecule has 31 heteroatoms. The van der Waals surface area contributed by atoms with Crippen LogP contribution < -0.4 is 71.1 Å². The predicted octanol–water partition coefficient (Wildman–Crippen LogP) is -11.3. The number of benzene rings is 3. The highest BCUT2D eigenvalue weighted by molar-refractivity contribution is 7.98. The van der Waals surface area contributed by atoms with Crippen LogP contribution >= 0.6 is 11.8 Å². The summed E-state index contributed by atoms with van der Waals surface area (Å²) in [6, 6.07) is 0. The van der Waals surface area contributed by atoms with Crippen LogP contribution in [0.15, 0.2) is 9.95 Å². The average molecular weight is 863 g/mol. The largest absolute Gasteiger partial charge is 0.415 e. The number of nitrogens with zero attached hydrogens (tertiary/aromatic N) is 4. The van der Waals surface area contributed by atoms with Gasteiger partial charge in [-0.15, -0.1) is 5.21 Å². The van der Waals surface area contributed by atoms with E-state index in [2.05, 4.69) is 4.98 Å². The van der Waals surface area contributed by atoms with Crippen molar-refractivity contribution in [1.29, 1.82) is 0 Å². The zero-order chi connectivity index (χ0) is 51.2. The molecule has 0 spiro atoms. The van der Waals surface area contributed by atoms with Crippen molar-refractivity contribution in [1.82, 2.24) is 19.4 Å². The summed E-state index contributed by atoms with van der Waals surface area (Å²) in [6.45, 7) is 4.01. The molecule has 1 aliphatic rings. The molecule has 4 aromatic rings. The van der Waals surface area contributed by atoms with Crippen LogP contribution in [0.2, 0.25) is 5.21 Å². The van der Waals surface area contributed by atoms with Crippen LogP contribution in [0.4, 0.5) is 17.6 Å². The first-order valence-electron chi connectivity index (χ1n) is 19.7. The Morgan fingerprint density at radius 2 is 1.09 bits per heavy atom. The maximum Gasteiger partial charge on any atom is 0.415 e. The minimum atomic E-state index is -5.07. The molecule has 0 bridgehead atoms. The van der Waals surface area contributed by atoms with Gasteiger partial charge < -0.3 is 14.4 Å². The molecule has 1 amide bonds. The molecule has 0 unspecified atom stereocenters. The first-order valence-corrected chi connectivity index (χ1v) is 20.7. The number of likely N-dealkylation sites (N-methyl/N-ethyl adjacent to an activating group) is 1. The van der Waals surface area contributed by atoms with E-state index in [0.29, 0.717) is 24.9 Å². The number of rotatable bonds is 13. The van der Waals surface area contributed by atoms with Gasteiger partial charge in [0.15, 0.2) is 5.16 Å². The van der Waals surface area contributed by atoms with Gasteiger partial charge in [0.25, 0.3) is 5.56 Å². The quantitative estimate of drug-likeness (QED) is 0.0580. The van der Waals surface area contributed by atoms with Gasteiger partial charge in [0.1, 0.15) is 116 Å². The number of alkyl halides is 3. The van der Waals surface area contributed by atoms with Gasteiger partial charge in [-0.1, -0.05) is 107 Å². The summed E-state index contributed by atoms with van der Waals surface area (Å²) < 4.78 is 57.4. The van der Waals surface area contributed by atoms with Gasteiger partial charge in [-0.2, -0.15) is 18.2 Å². The molecule has 0 saturated heterocycles. The van der Waals surface area contributed by atoms with E-state index < -0.39 is 128 Å². The number of hydrogen-bond donors (Lipinski definition) is 0. The molecule has 0 aliphatic heterocycles. The van der Waals surface area contributed by atoms with E-state index in [1.54, 1.807) is 0 Å². The van der Waals surface area contributed by atoms with Crippen LogP contribution in [0.5, 0.6) is 0 Å². The third-order valence-corrected chi connectivity index (χ3v) is 13.1. The lowest BCUT2D eigenvalue weighted by Crippen LogP contribution is -2.57. The van der Waals surface area contributed by atoms with E-state index in [-0.39, 0.29) is 51.6 Å². The van der Waals surface area contributed by atoms with Gasteiger partial charge in [0, 0.05) is 47.5 Å². The first-order chi connectivity index (χ1) is 30.6. The van der Waals surface area contributed by atoms with Crippen LogP contribution in [0, 0.1) is 5.82 Å². The number of thioether (sulfide) groups is 1. The van der Waals surface area contributed by atoms with Gasteiger partial charge in [-0.25, -0.2) is 4.39 Å². The Morgan fingerprint density at radius 1 is 0.657 bits per heavy atom. The molecule has 0 saturated carbocycles. The number of carbonyl (C=O) groups is 1. The van der Waals surface area contributed by atoms with Gasteiger partial charge in [0.05, 0.1) is 47.1 Å². The molecule has 3 aromatic carbocycles. The molecule has 67 heavy (non-hydrogen) atoms. The Hall–Kier alpha value is -2.66. The summed E-state index contributed by atoms with van der Waals surface area (Å²) in [5, 5.41) is -11.2. The fourth-order valence-corrected chi connectivity index (χ4v) is 9.02. The van der Waals surface area contributed by atoms with Crippen molar-refractivity contribution in [3.63, 3.8) is 0 Å². The van der Waals surface area contributed by atoms with Crippen LogP contribution in [0.25, 0.3) is 11.1 Å². The Bertz CT molecular complexity index is 2680. The molecule has 1 aliphatic carbocycles. The summed E-state index contributed by atoms with van der Waals surface area (Å²) in [6.07, 6.45) is -5.07. The summed E-state index contributed by atoms with van der Waals surface area (Å²) in [5.41, 5.74) is -11.5. The van der Waals surface area contributed by atoms with Gasteiger partial charge in [-0.05, 0) is 29.8 Å². The van der Waals surface area contributed by atoms with E-state index in [9.17, 15) is 22.4 Å². The molecule has 0 atom stereocenters.